The number of hydrogen-bond donors (Lipinski definition) is 1. The summed E-state index contributed by atoms with van der Waals surface area (Å²) < 4.78 is 0. The summed E-state index contributed by atoms with van der Waals surface area (Å²) in [6.07, 6.45) is 2.98. The van der Waals surface area contributed by atoms with Gasteiger partial charge in [-0.3, -0.25) is 9.69 Å². The van der Waals surface area contributed by atoms with E-state index in [1.165, 1.54) is 10.4 Å². The highest BCUT2D eigenvalue weighted by Gasteiger charge is 2.24. The van der Waals surface area contributed by atoms with Gasteiger partial charge in [-0.2, -0.15) is 0 Å². The average Bonchev–Trinajstić information content (AvgIpc) is 3.19. The fourth-order valence-corrected chi connectivity index (χ4v) is 5.98. The number of benzene rings is 1. The number of fused-ring (bicyclic) bond motifs is 1. The first-order chi connectivity index (χ1) is 15.0. The average molecular weight is 455 g/mol. The second-order valence-corrected chi connectivity index (χ2v) is 10.6. The quantitative estimate of drug-likeness (QED) is 0.410. The molecule has 3 aromatic rings. The zero-order valence-electron chi connectivity index (χ0n) is 18.4. The Kier molecular flexibility index (Phi) is 7.25. The zero-order valence-corrected chi connectivity index (χ0v) is 20.1. The first-order valence-corrected chi connectivity index (χ1v) is 12.7. The van der Waals surface area contributed by atoms with Crippen LogP contribution in [0, 0.1) is 6.92 Å². The highest BCUT2D eigenvalue weighted by atomic mass is 32.2. The third-order valence-corrected chi connectivity index (χ3v) is 7.99. The van der Waals surface area contributed by atoms with Gasteiger partial charge in [0.05, 0.1) is 5.25 Å². The maximum atomic E-state index is 12.9. The minimum Gasteiger partial charge on any atom is -0.352 e. The molecule has 31 heavy (non-hydrogen) atoms. The third-order valence-electron chi connectivity index (χ3n) is 5.71. The highest BCUT2D eigenvalue weighted by Crippen LogP contribution is 2.33. The van der Waals surface area contributed by atoms with Crippen molar-refractivity contribution in [2.45, 2.75) is 62.9 Å². The van der Waals surface area contributed by atoms with E-state index in [0.717, 1.165) is 60.0 Å². The van der Waals surface area contributed by atoms with Crippen LogP contribution in [0.1, 0.15) is 43.0 Å². The Morgan fingerprint density at radius 3 is 2.71 bits per heavy atom. The van der Waals surface area contributed by atoms with E-state index in [1.54, 1.807) is 23.1 Å². The summed E-state index contributed by atoms with van der Waals surface area (Å²) in [5.41, 5.74) is 1.35. The number of amides is 1. The topological polar surface area (TPSA) is 58.1 Å². The molecule has 1 unspecified atom stereocenters. The van der Waals surface area contributed by atoms with Crippen LogP contribution >= 0.6 is 23.1 Å². The molecule has 2 aromatic heterocycles. The monoisotopic (exact) mass is 454 g/mol. The van der Waals surface area contributed by atoms with Crippen LogP contribution in [-0.4, -0.2) is 45.2 Å². The maximum absolute atomic E-state index is 12.9. The molecule has 0 saturated carbocycles. The molecule has 0 radical (unpaired) electrons. The number of nitrogens with one attached hydrogen (secondary N) is 1. The number of thioether (sulfide) groups is 1. The molecule has 1 aromatic carbocycles. The third kappa shape index (κ3) is 5.64. The maximum Gasteiger partial charge on any atom is 0.233 e. The standard InChI is InChI=1S/C24H30N4OS2/c1-4-20-14-21-23(25-17(3)26-24(21)31-20)30-16(2)22(29)27-19-10-12-28(13-11-19)15-18-8-6-5-7-9-18/h5-9,14,16,19H,4,10-13,15H2,1-3H3,(H,27,29). The van der Waals surface area contributed by atoms with Crippen molar-refractivity contribution in [2.24, 2.45) is 0 Å². The Hall–Kier alpha value is -1.96. The molecule has 1 N–H and O–H groups in total. The number of carbonyl (C=O) groups excluding carboxylic acids is 1. The van der Waals surface area contributed by atoms with Crippen LogP contribution in [0.2, 0.25) is 0 Å². The van der Waals surface area contributed by atoms with Gasteiger partial charge in [0.25, 0.3) is 0 Å². The van der Waals surface area contributed by atoms with Crippen LogP contribution in [0.15, 0.2) is 41.4 Å². The van der Waals surface area contributed by atoms with Gasteiger partial charge >= 0.3 is 0 Å². The van der Waals surface area contributed by atoms with Crippen LogP contribution in [0.4, 0.5) is 0 Å². The number of likely N-dealkylation sites (tertiary alicyclic amines) is 1. The molecule has 0 bridgehead atoms. The van der Waals surface area contributed by atoms with Gasteiger partial charge < -0.3 is 5.32 Å². The van der Waals surface area contributed by atoms with E-state index < -0.39 is 0 Å². The van der Waals surface area contributed by atoms with E-state index in [9.17, 15) is 4.79 Å². The fraction of sp³-hybridized carbons (Fsp3) is 0.458. The Bertz CT molecular complexity index is 1030. The lowest BCUT2D eigenvalue weighted by Gasteiger charge is -2.32. The summed E-state index contributed by atoms with van der Waals surface area (Å²) in [6, 6.07) is 13.0. The summed E-state index contributed by atoms with van der Waals surface area (Å²) in [5.74, 6) is 0.861. The van der Waals surface area contributed by atoms with Crippen molar-refractivity contribution in [1.82, 2.24) is 20.2 Å². The smallest absolute Gasteiger partial charge is 0.233 e. The van der Waals surface area contributed by atoms with Crippen LogP contribution in [0.25, 0.3) is 10.2 Å². The number of nitrogens with zero attached hydrogens (tertiary/aromatic N) is 3. The molecule has 0 aliphatic carbocycles. The minimum absolute atomic E-state index is 0.0990. The summed E-state index contributed by atoms with van der Waals surface area (Å²) in [5, 5.41) is 5.08. The van der Waals surface area contributed by atoms with Gasteiger partial charge in [0.15, 0.2) is 0 Å². The van der Waals surface area contributed by atoms with Crippen molar-refractivity contribution >= 4 is 39.2 Å². The lowest BCUT2D eigenvalue weighted by atomic mass is 10.0. The lowest BCUT2D eigenvalue weighted by molar-refractivity contribution is -0.121. The van der Waals surface area contributed by atoms with Crippen molar-refractivity contribution in [2.75, 3.05) is 13.1 Å². The molecule has 1 saturated heterocycles. The van der Waals surface area contributed by atoms with Gasteiger partial charge in [-0.1, -0.05) is 49.0 Å². The molecule has 1 amide bonds. The molecule has 164 valence electrons. The van der Waals surface area contributed by atoms with Gasteiger partial charge in [-0.15, -0.1) is 11.3 Å². The van der Waals surface area contributed by atoms with Crippen LogP contribution in [0.5, 0.6) is 0 Å². The summed E-state index contributed by atoms with van der Waals surface area (Å²) in [4.78, 5) is 26.9. The molecule has 0 spiro atoms. The first-order valence-electron chi connectivity index (χ1n) is 11.0. The molecule has 1 fully saturated rings. The number of aryl methyl sites for hydroxylation is 2. The second kappa shape index (κ2) is 10.1. The van der Waals surface area contributed by atoms with Crippen molar-refractivity contribution in [3.63, 3.8) is 0 Å². The van der Waals surface area contributed by atoms with E-state index >= 15 is 0 Å². The predicted molar refractivity (Wildman–Crippen MR) is 130 cm³/mol. The lowest BCUT2D eigenvalue weighted by Crippen LogP contribution is -2.46. The van der Waals surface area contributed by atoms with Crippen molar-refractivity contribution in [3.8, 4) is 0 Å². The Labute approximate surface area is 192 Å². The SMILES string of the molecule is CCc1cc2c(SC(C)C(=O)NC3CCN(Cc4ccccc4)CC3)nc(C)nc2s1. The zero-order chi connectivity index (χ0) is 21.8. The van der Waals surface area contributed by atoms with E-state index in [-0.39, 0.29) is 17.2 Å². The number of piperidine rings is 1. The molecule has 5 nitrogen and oxygen atoms in total. The number of thiophene rings is 1. The second-order valence-electron chi connectivity index (χ2n) is 8.17. The number of carbonyl (C=O) groups is 1. The van der Waals surface area contributed by atoms with Crippen LogP contribution in [-0.2, 0) is 17.8 Å². The molecule has 7 heteroatoms. The minimum atomic E-state index is -0.190. The van der Waals surface area contributed by atoms with Crippen LogP contribution < -0.4 is 5.32 Å². The molecular formula is C24H30N4OS2. The number of hydrogen-bond acceptors (Lipinski definition) is 6. The van der Waals surface area contributed by atoms with Gasteiger partial charge in [0, 0.05) is 35.9 Å². The van der Waals surface area contributed by atoms with Crippen LogP contribution in [0.3, 0.4) is 0 Å². The normalized spacial score (nSPS) is 16.5. The van der Waals surface area contributed by atoms with Crippen molar-refractivity contribution in [1.29, 1.82) is 0 Å². The molecule has 1 aliphatic rings. The largest absolute Gasteiger partial charge is 0.352 e. The number of rotatable bonds is 7. The van der Waals surface area contributed by atoms with Crippen molar-refractivity contribution < 1.29 is 4.79 Å². The van der Waals surface area contributed by atoms with E-state index in [1.807, 2.05) is 13.8 Å². The summed E-state index contributed by atoms with van der Waals surface area (Å²) in [6.45, 7) is 9.06. The summed E-state index contributed by atoms with van der Waals surface area (Å²) in [7, 11) is 0. The molecule has 1 aliphatic heterocycles. The first kappa shape index (κ1) is 22.2. The van der Waals surface area contributed by atoms with E-state index in [0.29, 0.717) is 0 Å². The molecule has 4 rings (SSSR count). The van der Waals surface area contributed by atoms with Crippen molar-refractivity contribution in [3.05, 3.63) is 52.7 Å². The molecule has 3 heterocycles. The van der Waals surface area contributed by atoms with Gasteiger partial charge in [-0.25, -0.2) is 9.97 Å². The summed E-state index contributed by atoms with van der Waals surface area (Å²) >= 11 is 3.26. The highest BCUT2D eigenvalue weighted by molar-refractivity contribution is 8.00. The van der Waals surface area contributed by atoms with E-state index in [4.69, 9.17) is 0 Å². The van der Waals surface area contributed by atoms with E-state index in [2.05, 4.69) is 63.5 Å². The Balaban J connectivity index is 1.31. The number of aromatic nitrogens is 2. The fourth-order valence-electron chi connectivity index (χ4n) is 3.93. The predicted octanol–water partition coefficient (Wildman–Crippen LogP) is 4.82. The van der Waals surface area contributed by atoms with Gasteiger partial charge in [-0.05, 0) is 44.7 Å². The Morgan fingerprint density at radius 1 is 1.26 bits per heavy atom. The molecular weight excluding hydrogens is 424 g/mol. The Morgan fingerprint density at radius 2 is 2.00 bits per heavy atom. The van der Waals surface area contributed by atoms with Gasteiger partial charge in [0.2, 0.25) is 5.91 Å². The van der Waals surface area contributed by atoms with Gasteiger partial charge in [0.1, 0.15) is 15.7 Å². The molecule has 1 atom stereocenters.